The molecule has 0 aromatic heterocycles. The van der Waals surface area contributed by atoms with Crippen molar-refractivity contribution in [3.63, 3.8) is 0 Å². The molecule has 0 aliphatic heterocycles. The predicted molar refractivity (Wildman–Crippen MR) is 93.7 cm³/mol. The molecule has 0 aliphatic carbocycles. The van der Waals surface area contributed by atoms with Crippen molar-refractivity contribution >= 4 is 32.0 Å². The lowest BCUT2D eigenvalue weighted by Crippen LogP contribution is -2.12. The maximum Gasteiger partial charge on any atom is 0.340 e. The smallest absolute Gasteiger partial charge is 0.340 e. The second-order valence-electron chi connectivity index (χ2n) is 4.88. The lowest BCUT2D eigenvalue weighted by Gasteiger charge is -2.10. The molecule has 2 aromatic carbocycles. The Kier molecular flexibility index (Phi) is 6.17. The van der Waals surface area contributed by atoms with E-state index in [0.717, 1.165) is 5.56 Å². The molecule has 0 radical (unpaired) electrons. The van der Waals surface area contributed by atoms with E-state index >= 15 is 0 Å². The molecule has 0 heterocycles. The van der Waals surface area contributed by atoms with Gasteiger partial charge in [0.05, 0.1) is 24.7 Å². The summed E-state index contributed by atoms with van der Waals surface area (Å²) >= 11 is 3.14. The summed E-state index contributed by atoms with van der Waals surface area (Å²) in [5.41, 5.74) is 0.987. The van der Waals surface area contributed by atoms with Crippen molar-refractivity contribution in [1.82, 2.24) is 0 Å². The standard InChI is InChI=1S/C17H14BrNO5S/c1-2-23-17(20)13-5-8-16(15(18)11-13)25(21,22)24-14-6-3-12(4-7-14)9-10-19/h3-8,11H,2,9H2,1H3. The van der Waals surface area contributed by atoms with Gasteiger partial charge >= 0.3 is 16.1 Å². The van der Waals surface area contributed by atoms with Gasteiger partial charge in [-0.1, -0.05) is 12.1 Å². The Labute approximate surface area is 154 Å². The minimum Gasteiger partial charge on any atom is -0.462 e. The fraction of sp³-hybridized carbons (Fsp3) is 0.176. The minimum atomic E-state index is -4.09. The molecule has 0 fully saturated rings. The molecule has 130 valence electrons. The lowest BCUT2D eigenvalue weighted by atomic mass is 10.2. The van der Waals surface area contributed by atoms with Gasteiger partial charge in [0, 0.05) is 4.47 Å². The molecule has 0 N–H and O–H groups in total. The largest absolute Gasteiger partial charge is 0.462 e. The summed E-state index contributed by atoms with van der Waals surface area (Å²) < 4.78 is 35.0. The third-order valence-electron chi connectivity index (χ3n) is 3.12. The van der Waals surface area contributed by atoms with E-state index < -0.39 is 16.1 Å². The molecule has 2 rings (SSSR count). The van der Waals surface area contributed by atoms with Crippen LogP contribution in [0.1, 0.15) is 22.8 Å². The van der Waals surface area contributed by atoms with Gasteiger partial charge in [0.15, 0.2) is 0 Å². The fourth-order valence-electron chi connectivity index (χ4n) is 1.97. The van der Waals surface area contributed by atoms with Gasteiger partial charge in [0.25, 0.3) is 0 Å². The van der Waals surface area contributed by atoms with E-state index in [2.05, 4.69) is 15.9 Å². The molecule has 0 aliphatic rings. The molecule has 0 bridgehead atoms. The van der Waals surface area contributed by atoms with Crippen LogP contribution in [0.15, 0.2) is 51.8 Å². The summed E-state index contributed by atoms with van der Waals surface area (Å²) in [5.74, 6) is -0.413. The van der Waals surface area contributed by atoms with Crippen LogP contribution < -0.4 is 4.18 Å². The Bertz CT molecular complexity index is 917. The average molecular weight is 424 g/mol. The summed E-state index contributed by atoms with van der Waals surface area (Å²) in [6.07, 6.45) is 0.230. The van der Waals surface area contributed by atoms with Gasteiger partial charge in [0.2, 0.25) is 0 Å². The number of hydrogen-bond donors (Lipinski definition) is 0. The summed E-state index contributed by atoms with van der Waals surface area (Å²) in [4.78, 5) is 11.6. The molecular weight excluding hydrogens is 410 g/mol. The number of hydrogen-bond acceptors (Lipinski definition) is 6. The number of rotatable bonds is 6. The zero-order valence-electron chi connectivity index (χ0n) is 13.2. The topological polar surface area (TPSA) is 93.5 Å². The number of halogens is 1. The summed E-state index contributed by atoms with van der Waals surface area (Å²) in [5, 5.41) is 8.63. The molecule has 6 nitrogen and oxygen atoms in total. The third-order valence-corrected chi connectivity index (χ3v) is 5.35. The monoisotopic (exact) mass is 423 g/mol. The van der Waals surface area contributed by atoms with Gasteiger partial charge in [-0.3, -0.25) is 0 Å². The second kappa shape index (κ2) is 8.14. The number of carbonyl (C=O) groups is 1. The van der Waals surface area contributed by atoms with Crippen molar-refractivity contribution in [2.24, 2.45) is 0 Å². The van der Waals surface area contributed by atoms with Gasteiger partial charge < -0.3 is 8.92 Å². The highest BCUT2D eigenvalue weighted by Gasteiger charge is 2.21. The highest BCUT2D eigenvalue weighted by Crippen LogP contribution is 2.27. The van der Waals surface area contributed by atoms with Crippen LogP contribution in [-0.2, 0) is 21.3 Å². The molecule has 0 atom stereocenters. The summed E-state index contributed by atoms with van der Waals surface area (Å²) in [7, 11) is -4.09. The fourth-order valence-corrected chi connectivity index (χ4v) is 3.93. The summed E-state index contributed by atoms with van der Waals surface area (Å²) in [6.45, 7) is 1.91. The first-order chi connectivity index (χ1) is 11.9. The van der Waals surface area contributed by atoms with Crippen LogP contribution in [-0.4, -0.2) is 21.0 Å². The van der Waals surface area contributed by atoms with E-state index in [1.54, 1.807) is 19.1 Å². The molecule has 25 heavy (non-hydrogen) atoms. The molecule has 2 aromatic rings. The highest BCUT2D eigenvalue weighted by atomic mass is 79.9. The van der Waals surface area contributed by atoms with Gasteiger partial charge in [-0.15, -0.1) is 0 Å². The van der Waals surface area contributed by atoms with Crippen LogP contribution in [0.5, 0.6) is 5.75 Å². The number of ether oxygens (including phenoxy) is 1. The number of nitriles is 1. The van der Waals surface area contributed by atoms with E-state index in [1.165, 1.54) is 30.3 Å². The maximum atomic E-state index is 12.4. The van der Waals surface area contributed by atoms with E-state index in [4.69, 9.17) is 14.2 Å². The van der Waals surface area contributed by atoms with Gasteiger partial charge in [0.1, 0.15) is 10.6 Å². The van der Waals surface area contributed by atoms with Crippen LogP contribution >= 0.6 is 15.9 Å². The molecule has 0 spiro atoms. The molecule has 8 heteroatoms. The van der Waals surface area contributed by atoms with Crippen molar-refractivity contribution in [3.8, 4) is 11.8 Å². The minimum absolute atomic E-state index is 0.110. The van der Waals surface area contributed by atoms with Crippen LogP contribution in [0, 0.1) is 11.3 Å². The van der Waals surface area contributed by atoms with E-state index in [-0.39, 0.29) is 33.7 Å². The molecule has 0 amide bonds. The first-order valence-electron chi connectivity index (χ1n) is 7.24. The zero-order chi connectivity index (χ0) is 18.4. The van der Waals surface area contributed by atoms with E-state index in [0.29, 0.717) is 0 Å². The first-order valence-corrected chi connectivity index (χ1v) is 9.44. The Morgan fingerprint density at radius 2 is 1.88 bits per heavy atom. The van der Waals surface area contributed by atoms with Crippen molar-refractivity contribution in [3.05, 3.63) is 58.1 Å². The molecular formula is C17H14BrNO5S. The van der Waals surface area contributed by atoms with Crippen molar-refractivity contribution < 1.29 is 22.1 Å². The van der Waals surface area contributed by atoms with Crippen molar-refractivity contribution in [2.45, 2.75) is 18.2 Å². The van der Waals surface area contributed by atoms with Crippen LogP contribution in [0.4, 0.5) is 0 Å². The number of benzene rings is 2. The van der Waals surface area contributed by atoms with E-state index in [9.17, 15) is 13.2 Å². The quantitative estimate of drug-likeness (QED) is 0.521. The van der Waals surface area contributed by atoms with Crippen LogP contribution in [0.2, 0.25) is 0 Å². The normalized spacial score (nSPS) is 10.8. The maximum absolute atomic E-state index is 12.4. The molecule has 0 saturated carbocycles. The molecule has 0 unspecified atom stereocenters. The number of nitrogens with zero attached hydrogens (tertiary/aromatic N) is 1. The Morgan fingerprint density at radius 1 is 1.20 bits per heavy atom. The van der Waals surface area contributed by atoms with Crippen LogP contribution in [0.25, 0.3) is 0 Å². The second-order valence-corrected chi connectivity index (χ2v) is 7.25. The summed E-state index contributed by atoms with van der Waals surface area (Å²) in [6, 6.07) is 12.2. The van der Waals surface area contributed by atoms with Gasteiger partial charge in [-0.05, 0) is 58.7 Å². The SMILES string of the molecule is CCOC(=O)c1ccc(S(=O)(=O)Oc2ccc(CC#N)cc2)c(Br)c1. The van der Waals surface area contributed by atoms with Gasteiger partial charge in [-0.2, -0.15) is 13.7 Å². The average Bonchev–Trinajstić information content (AvgIpc) is 2.56. The van der Waals surface area contributed by atoms with Crippen LogP contribution in [0.3, 0.4) is 0 Å². The zero-order valence-corrected chi connectivity index (χ0v) is 15.6. The lowest BCUT2D eigenvalue weighted by molar-refractivity contribution is 0.0526. The number of esters is 1. The predicted octanol–water partition coefficient (Wildman–Crippen LogP) is 3.46. The van der Waals surface area contributed by atoms with Crippen molar-refractivity contribution in [1.29, 1.82) is 5.26 Å². The van der Waals surface area contributed by atoms with E-state index in [1.807, 2.05) is 6.07 Å². The Hall–Kier alpha value is -2.37. The molecule has 0 saturated heterocycles. The third kappa shape index (κ3) is 4.81. The highest BCUT2D eigenvalue weighted by molar-refractivity contribution is 9.10. The van der Waals surface area contributed by atoms with Gasteiger partial charge in [-0.25, -0.2) is 4.79 Å². The first kappa shape index (κ1) is 19.0. The van der Waals surface area contributed by atoms with Crippen molar-refractivity contribution in [2.75, 3.05) is 6.61 Å². The Balaban J connectivity index is 2.24. The Morgan fingerprint density at radius 3 is 2.44 bits per heavy atom. The number of carbonyl (C=O) groups excluding carboxylic acids is 1.